The minimum atomic E-state index is -0.679. The molecule has 126 valence electrons. The number of rotatable bonds is 6. The number of hydrogen-bond acceptors (Lipinski definition) is 3. The quantitative estimate of drug-likeness (QED) is 0.725. The Hall–Kier alpha value is -2.85. The van der Waals surface area contributed by atoms with E-state index in [1.165, 1.54) is 0 Å². The highest BCUT2D eigenvalue weighted by molar-refractivity contribution is 6.30. The second-order valence-corrected chi connectivity index (χ2v) is 6.01. The summed E-state index contributed by atoms with van der Waals surface area (Å²) in [6.07, 6.45) is 2.75. The Bertz CT molecular complexity index is 823. The van der Waals surface area contributed by atoms with Gasteiger partial charge in [0, 0.05) is 23.0 Å². The predicted molar refractivity (Wildman–Crippen MR) is 97.4 cm³/mol. The number of nitrogens with zero attached hydrogens (tertiary/aromatic N) is 1. The zero-order chi connectivity index (χ0) is 17.6. The van der Waals surface area contributed by atoms with Crippen molar-refractivity contribution in [3.8, 4) is 5.75 Å². The zero-order valence-corrected chi connectivity index (χ0v) is 14.1. The van der Waals surface area contributed by atoms with Crippen LogP contribution in [0.4, 0.5) is 0 Å². The third-order valence-electron chi connectivity index (χ3n) is 3.86. The average molecular weight is 353 g/mol. The molecule has 0 bridgehead atoms. The fraction of sp³-hybridized carbons (Fsp3) is 0.100. The standard InChI is InChI=1S/C20H17ClN2O2/c21-16-10-8-14(9-11-16)18(20(22)24)19(15-5-4-12-23-13-15)25-17-6-2-1-3-7-17/h1-13,18-19H,(H2,22,24). The number of amides is 1. The SMILES string of the molecule is NC(=O)C(c1ccc(Cl)cc1)C(Oc1ccccc1)c1cccnc1. The lowest BCUT2D eigenvalue weighted by atomic mass is 9.89. The van der Waals surface area contributed by atoms with Gasteiger partial charge in [-0.15, -0.1) is 0 Å². The molecular weight excluding hydrogens is 336 g/mol. The van der Waals surface area contributed by atoms with Crippen molar-refractivity contribution < 1.29 is 9.53 Å². The van der Waals surface area contributed by atoms with E-state index in [1.807, 2.05) is 36.4 Å². The Morgan fingerprint density at radius 3 is 2.28 bits per heavy atom. The van der Waals surface area contributed by atoms with Crippen molar-refractivity contribution in [2.45, 2.75) is 12.0 Å². The van der Waals surface area contributed by atoms with E-state index in [9.17, 15) is 4.79 Å². The number of halogens is 1. The van der Waals surface area contributed by atoms with Crippen LogP contribution in [0, 0.1) is 0 Å². The number of nitrogens with two attached hydrogens (primary N) is 1. The summed E-state index contributed by atoms with van der Waals surface area (Å²) in [4.78, 5) is 16.4. The molecule has 1 aromatic heterocycles. The minimum Gasteiger partial charge on any atom is -0.484 e. The second-order valence-electron chi connectivity index (χ2n) is 5.57. The number of primary amides is 1. The smallest absolute Gasteiger partial charge is 0.229 e. The van der Waals surface area contributed by atoms with Gasteiger partial charge in [0.15, 0.2) is 0 Å². The van der Waals surface area contributed by atoms with Crippen molar-refractivity contribution in [2.24, 2.45) is 5.73 Å². The molecule has 0 saturated heterocycles. The Labute approximate surface area is 151 Å². The van der Waals surface area contributed by atoms with E-state index in [1.54, 1.807) is 42.7 Å². The van der Waals surface area contributed by atoms with Gasteiger partial charge in [-0.25, -0.2) is 0 Å². The van der Waals surface area contributed by atoms with Crippen molar-refractivity contribution in [3.63, 3.8) is 0 Å². The van der Waals surface area contributed by atoms with Gasteiger partial charge in [-0.3, -0.25) is 9.78 Å². The van der Waals surface area contributed by atoms with Crippen LogP contribution >= 0.6 is 11.6 Å². The second kappa shape index (κ2) is 7.81. The molecule has 25 heavy (non-hydrogen) atoms. The summed E-state index contributed by atoms with van der Waals surface area (Å²) in [7, 11) is 0. The lowest BCUT2D eigenvalue weighted by Crippen LogP contribution is -2.30. The number of carbonyl (C=O) groups excluding carboxylic acids is 1. The van der Waals surface area contributed by atoms with Crippen molar-refractivity contribution in [1.82, 2.24) is 4.98 Å². The van der Waals surface area contributed by atoms with Gasteiger partial charge in [-0.1, -0.05) is 48.0 Å². The van der Waals surface area contributed by atoms with Crippen LogP contribution in [0.5, 0.6) is 5.75 Å². The third kappa shape index (κ3) is 4.17. The number of ether oxygens (including phenoxy) is 1. The van der Waals surface area contributed by atoms with Gasteiger partial charge in [-0.2, -0.15) is 0 Å². The van der Waals surface area contributed by atoms with Gasteiger partial charge in [0.2, 0.25) is 5.91 Å². The first-order valence-corrected chi connectivity index (χ1v) is 8.19. The lowest BCUT2D eigenvalue weighted by molar-refractivity contribution is -0.121. The van der Waals surface area contributed by atoms with Gasteiger partial charge >= 0.3 is 0 Å². The summed E-state index contributed by atoms with van der Waals surface area (Å²) in [6, 6.07) is 20.0. The van der Waals surface area contributed by atoms with E-state index in [2.05, 4.69) is 4.98 Å². The molecule has 4 nitrogen and oxygen atoms in total. The topological polar surface area (TPSA) is 65.2 Å². The molecule has 2 atom stereocenters. The van der Waals surface area contributed by atoms with Crippen LogP contribution in [0.1, 0.15) is 23.1 Å². The number of carbonyl (C=O) groups is 1. The van der Waals surface area contributed by atoms with Crippen molar-refractivity contribution in [2.75, 3.05) is 0 Å². The molecule has 1 heterocycles. The molecule has 0 radical (unpaired) electrons. The van der Waals surface area contributed by atoms with E-state index >= 15 is 0 Å². The average Bonchev–Trinajstić information content (AvgIpc) is 2.64. The molecule has 0 spiro atoms. The van der Waals surface area contributed by atoms with Crippen molar-refractivity contribution in [1.29, 1.82) is 0 Å². The zero-order valence-electron chi connectivity index (χ0n) is 13.4. The van der Waals surface area contributed by atoms with Crippen molar-refractivity contribution >= 4 is 17.5 Å². The summed E-state index contributed by atoms with van der Waals surface area (Å²) in [5.74, 6) is -0.509. The van der Waals surface area contributed by atoms with E-state index in [4.69, 9.17) is 22.1 Å². The molecular formula is C20H17ClN2O2. The molecule has 2 N–H and O–H groups in total. The molecule has 3 aromatic rings. The van der Waals surface area contributed by atoms with Gasteiger partial charge in [0.25, 0.3) is 0 Å². The van der Waals surface area contributed by atoms with Gasteiger partial charge in [0.05, 0.1) is 0 Å². The fourth-order valence-electron chi connectivity index (χ4n) is 2.68. The maximum absolute atomic E-state index is 12.3. The largest absolute Gasteiger partial charge is 0.484 e. The Kier molecular flexibility index (Phi) is 5.31. The Morgan fingerprint density at radius 2 is 1.68 bits per heavy atom. The molecule has 2 aromatic carbocycles. The Morgan fingerprint density at radius 1 is 0.960 bits per heavy atom. The van der Waals surface area contributed by atoms with E-state index in [0.717, 1.165) is 11.1 Å². The van der Waals surface area contributed by atoms with Crippen LogP contribution in [0.15, 0.2) is 79.1 Å². The fourth-order valence-corrected chi connectivity index (χ4v) is 2.80. The maximum Gasteiger partial charge on any atom is 0.229 e. The number of para-hydroxylation sites is 1. The number of hydrogen-bond donors (Lipinski definition) is 1. The molecule has 0 aliphatic heterocycles. The van der Waals surface area contributed by atoms with Crippen LogP contribution in [0.25, 0.3) is 0 Å². The third-order valence-corrected chi connectivity index (χ3v) is 4.11. The highest BCUT2D eigenvalue weighted by Gasteiger charge is 2.31. The van der Waals surface area contributed by atoms with Crippen molar-refractivity contribution in [3.05, 3.63) is 95.3 Å². The summed E-state index contributed by atoms with van der Waals surface area (Å²) < 4.78 is 6.13. The molecule has 0 fully saturated rings. The maximum atomic E-state index is 12.3. The number of benzene rings is 2. The number of aromatic nitrogens is 1. The molecule has 3 rings (SSSR count). The highest BCUT2D eigenvalue weighted by atomic mass is 35.5. The van der Waals surface area contributed by atoms with E-state index < -0.39 is 17.9 Å². The van der Waals surface area contributed by atoms with Gasteiger partial charge in [-0.05, 0) is 35.9 Å². The van der Waals surface area contributed by atoms with Crippen LogP contribution in [0.2, 0.25) is 5.02 Å². The molecule has 0 aliphatic rings. The monoisotopic (exact) mass is 352 g/mol. The van der Waals surface area contributed by atoms with Crippen LogP contribution in [0.3, 0.4) is 0 Å². The number of pyridine rings is 1. The highest BCUT2D eigenvalue weighted by Crippen LogP contribution is 2.35. The minimum absolute atomic E-state index is 0.480. The summed E-state index contributed by atoms with van der Waals surface area (Å²) in [5, 5.41) is 0.592. The molecule has 0 saturated carbocycles. The molecule has 5 heteroatoms. The van der Waals surface area contributed by atoms with Gasteiger partial charge in [0.1, 0.15) is 17.8 Å². The molecule has 2 unspecified atom stereocenters. The first-order valence-electron chi connectivity index (χ1n) is 7.81. The first kappa shape index (κ1) is 17.0. The van der Waals surface area contributed by atoms with Gasteiger partial charge < -0.3 is 10.5 Å². The van der Waals surface area contributed by atoms with E-state index in [-0.39, 0.29) is 0 Å². The van der Waals surface area contributed by atoms with E-state index in [0.29, 0.717) is 10.8 Å². The normalized spacial score (nSPS) is 13.0. The Balaban J connectivity index is 2.04. The summed E-state index contributed by atoms with van der Waals surface area (Å²) in [5.41, 5.74) is 7.23. The molecule has 0 aliphatic carbocycles. The lowest BCUT2D eigenvalue weighted by Gasteiger charge is -2.26. The van der Waals surface area contributed by atoms with Crippen LogP contribution in [-0.4, -0.2) is 10.9 Å². The van der Waals surface area contributed by atoms with Crippen LogP contribution in [-0.2, 0) is 4.79 Å². The first-order chi connectivity index (χ1) is 12.1. The summed E-state index contributed by atoms with van der Waals surface area (Å²) >= 11 is 5.96. The summed E-state index contributed by atoms with van der Waals surface area (Å²) in [6.45, 7) is 0. The predicted octanol–water partition coefficient (Wildman–Crippen LogP) is 4.12. The molecule has 1 amide bonds. The van der Waals surface area contributed by atoms with Crippen LogP contribution < -0.4 is 10.5 Å².